The molecule has 7 heteroatoms. The maximum absolute atomic E-state index is 12.2. The minimum Gasteiger partial charge on any atom is -0.480 e. The van der Waals surface area contributed by atoms with Crippen LogP contribution < -0.4 is 5.32 Å². The fraction of sp³-hybridized carbons (Fsp3) is 0.500. The van der Waals surface area contributed by atoms with Crippen LogP contribution in [-0.4, -0.2) is 52.5 Å². The fourth-order valence-corrected chi connectivity index (χ4v) is 2.56. The van der Waals surface area contributed by atoms with Crippen LogP contribution in [0.25, 0.3) is 0 Å². The van der Waals surface area contributed by atoms with Crippen molar-refractivity contribution >= 4 is 23.2 Å². The van der Waals surface area contributed by atoms with E-state index < -0.39 is 12.0 Å². The van der Waals surface area contributed by atoms with Crippen LogP contribution in [0.4, 0.5) is 0 Å². The number of carboxylic acids is 1. The van der Waals surface area contributed by atoms with E-state index in [-0.39, 0.29) is 5.91 Å². The molecule has 1 fully saturated rings. The molecule has 1 atom stereocenters. The fourth-order valence-electron chi connectivity index (χ4n) is 1.81. The summed E-state index contributed by atoms with van der Waals surface area (Å²) in [5.41, 5.74) is 2.25. The molecule has 0 aliphatic carbocycles. The van der Waals surface area contributed by atoms with E-state index in [2.05, 4.69) is 10.3 Å². The molecular formula is C10H13N3O3S. The molecule has 1 saturated heterocycles. The third kappa shape index (κ3) is 2.29. The van der Waals surface area contributed by atoms with Crippen molar-refractivity contribution in [3.63, 3.8) is 0 Å². The van der Waals surface area contributed by atoms with Gasteiger partial charge in [0.05, 0.1) is 11.2 Å². The van der Waals surface area contributed by atoms with E-state index in [1.54, 1.807) is 12.4 Å². The third-order valence-electron chi connectivity index (χ3n) is 2.73. The molecule has 1 aromatic rings. The van der Waals surface area contributed by atoms with Gasteiger partial charge in [0, 0.05) is 19.6 Å². The molecule has 0 bridgehead atoms. The highest BCUT2D eigenvalue weighted by Gasteiger charge is 2.33. The molecule has 1 aliphatic rings. The van der Waals surface area contributed by atoms with Gasteiger partial charge in [0.2, 0.25) is 0 Å². The first-order chi connectivity index (χ1) is 8.11. The number of rotatable bonds is 2. The molecule has 1 amide bonds. The maximum atomic E-state index is 12.2. The third-order valence-corrected chi connectivity index (χ3v) is 3.65. The zero-order chi connectivity index (χ0) is 12.4. The highest BCUT2D eigenvalue weighted by Crippen LogP contribution is 2.17. The van der Waals surface area contributed by atoms with Crippen LogP contribution in [0.3, 0.4) is 0 Å². The normalized spacial score (nSPS) is 20.3. The van der Waals surface area contributed by atoms with E-state index in [0.29, 0.717) is 30.2 Å². The number of nitrogens with zero attached hydrogens (tertiary/aromatic N) is 2. The van der Waals surface area contributed by atoms with Crippen molar-refractivity contribution in [2.24, 2.45) is 0 Å². The minimum atomic E-state index is -0.979. The predicted octanol–water partition coefficient (Wildman–Crippen LogP) is -0.0499. The van der Waals surface area contributed by atoms with E-state index in [1.807, 2.05) is 0 Å². The van der Waals surface area contributed by atoms with Gasteiger partial charge >= 0.3 is 5.97 Å². The Labute approximate surface area is 102 Å². The minimum absolute atomic E-state index is 0.237. The smallest absolute Gasteiger partial charge is 0.327 e. The number of hydrogen-bond acceptors (Lipinski definition) is 5. The van der Waals surface area contributed by atoms with E-state index in [4.69, 9.17) is 5.11 Å². The Kier molecular flexibility index (Phi) is 3.39. The van der Waals surface area contributed by atoms with Crippen LogP contribution in [-0.2, 0) is 4.79 Å². The first-order valence-corrected chi connectivity index (χ1v) is 6.14. The summed E-state index contributed by atoms with van der Waals surface area (Å²) < 4.78 is 0. The van der Waals surface area contributed by atoms with Crippen LogP contribution in [0.2, 0.25) is 0 Å². The summed E-state index contributed by atoms with van der Waals surface area (Å²) in [7, 11) is 0. The van der Waals surface area contributed by atoms with Crippen LogP contribution in [0.5, 0.6) is 0 Å². The van der Waals surface area contributed by atoms with Crippen LogP contribution >= 0.6 is 11.3 Å². The summed E-state index contributed by atoms with van der Waals surface area (Å²) in [5.74, 6) is -1.22. The van der Waals surface area contributed by atoms with Gasteiger partial charge in [0.1, 0.15) is 10.9 Å². The summed E-state index contributed by atoms with van der Waals surface area (Å²) in [6.45, 7) is 3.07. The summed E-state index contributed by atoms with van der Waals surface area (Å²) in [6.07, 6.45) is 0. The van der Waals surface area contributed by atoms with Crippen molar-refractivity contribution < 1.29 is 14.7 Å². The van der Waals surface area contributed by atoms with Crippen molar-refractivity contribution in [1.29, 1.82) is 0 Å². The Bertz CT molecular complexity index is 446. The second kappa shape index (κ2) is 4.80. The molecule has 1 aromatic heterocycles. The lowest BCUT2D eigenvalue weighted by molar-refractivity contribution is -0.142. The molecule has 0 aromatic carbocycles. The molecule has 2 rings (SSSR count). The number of piperazine rings is 1. The van der Waals surface area contributed by atoms with Crippen molar-refractivity contribution in [3.05, 3.63) is 16.1 Å². The zero-order valence-electron chi connectivity index (χ0n) is 9.34. The summed E-state index contributed by atoms with van der Waals surface area (Å²) in [6, 6.07) is -0.794. The standard InChI is InChI=1S/C10H13N3O3S/c1-6-8(17-5-12-6)9(14)13-3-2-11-4-7(13)10(15)16/h5,7,11H,2-4H2,1H3,(H,15,16). The molecular weight excluding hydrogens is 242 g/mol. The Morgan fingerprint density at radius 2 is 2.41 bits per heavy atom. The summed E-state index contributed by atoms with van der Waals surface area (Å²) >= 11 is 1.25. The average Bonchev–Trinajstić information content (AvgIpc) is 2.74. The second-order valence-corrected chi connectivity index (χ2v) is 4.68. The van der Waals surface area contributed by atoms with Crippen molar-refractivity contribution in [2.45, 2.75) is 13.0 Å². The lowest BCUT2D eigenvalue weighted by atomic mass is 10.2. The first-order valence-electron chi connectivity index (χ1n) is 5.26. The number of aromatic nitrogens is 1. The van der Waals surface area contributed by atoms with E-state index in [9.17, 15) is 9.59 Å². The molecule has 0 spiro atoms. The molecule has 17 heavy (non-hydrogen) atoms. The van der Waals surface area contributed by atoms with Crippen molar-refractivity contribution in [2.75, 3.05) is 19.6 Å². The van der Waals surface area contributed by atoms with Gasteiger partial charge in [-0.3, -0.25) is 4.79 Å². The topological polar surface area (TPSA) is 82.5 Å². The molecule has 1 unspecified atom stereocenters. The van der Waals surface area contributed by atoms with Crippen molar-refractivity contribution in [1.82, 2.24) is 15.2 Å². The van der Waals surface area contributed by atoms with E-state index >= 15 is 0 Å². The van der Waals surface area contributed by atoms with Crippen molar-refractivity contribution in [3.8, 4) is 0 Å². The lowest BCUT2D eigenvalue weighted by Gasteiger charge is -2.33. The maximum Gasteiger partial charge on any atom is 0.327 e. The molecule has 0 radical (unpaired) electrons. The number of carboxylic acid groups (broad SMARTS) is 1. The summed E-state index contributed by atoms with van der Waals surface area (Å²) in [5, 5.41) is 12.1. The van der Waals surface area contributed by atoms with Gasteiger partial charge < -0.3 is 15.3 Å². The van der Waals surface area contributed by atoms with E-state index in [1.165, 1.54) is 16.2 Å². The lowest BCUT2D eigenvalue weighted by Crippen LogP contribution is -2.56. The van der Waals surface area contributed by atoms with Gasteiger partial charge in [0.15, 0.2) is 0 Å². The molecule has 0 saturated carbocycles. The highest BCUT2D eigenvalue weighted by molar-refractivity contribution is 7.11. The van der Waals surface area contributed by atoms with Gasteiger partial charge in [-0.2, -0.15) is 0 Å². The Morgan fingerprint density at radius 3 is 3.00 bits per heavy atom. The Hall–Kier alpha value is -1.47. The number of amides is 1. The summed E-state index contributed by atoms with van der Waals surface area (Å²) in [4.78, 5) is 29.2. The number of carbonyl (C=O) groups is 2. The van der Waals surface area contributed by atoms with Crippen LogP contribution in [0.15, 0.2) is 5.51 Å². The number of aliphatic carboxylic acids is 1. The van der Waals surface area contributed by atoms with Gasteiger partial charge in [-0.05, 0) is 6.92 Å². The monoisotopic (exact) mass is 255 g/mol. The number of carbonyl (C=O) groups excluding carboxylic acids is 1. The second-order valence-electron chi connectivity index (χ2n) is 3.82. The van der Waals surface area contributed by atoms with E-state index in [0.717, 1.165) is 0 Å². The zero-order valence-corrected chi connectivity index (χ0v) is 10.2. The van der Waals surface area contributed by atoms with Gasteiger partial charge in [-0.15, -0.1) is 11.3 Å². The van der Waals surface area contributed by atoms with Gasteiger partial charge in [0.25, 0.3) is 5.91 Å². The first kappa shape index (κ1) is 12.0. The SMILES string of the molecule is Cc1ncsc1C(=O)N1CCNCC1C(=O)O. The Morgan fingerprint density at radius 1 is 1.65 bits per heavy atom. The molecule has 1 aliphatic heterocycles. The predicted molar refractivity (Wildman–Crippen MR) is 62.2 cm³/mol. The van der Waals surface area contributed by atoms with Gasteiger partial charge in [-0.1, -0.05) is 0 Å². The van der Waals surface area contributed by atoms with Gasteiger partial charge in [-0.25, -0.2) is 9.78 Å². The molecule has 2 heterocycles. The number of thiazole rings is 1. The average molecular weight is 255 g/mol. The quantitative estimate of drug-likeness (QED) is 0.774. The molecule has 6 nitrogen and oxygen atoms in total. The highest BCUT2D eigenvalue weighted by atomic mass is 32.1. The molecule has 2 N–H and O–H groups in total. The molecule has 92 valence electrons. The van der Waals surface area contributed by atoms with Crippen LogP contribution in [0, 0.1) is 6.92 Å². The number of hydrogen-bond donors (Lipinski definition) is 2. The number of aryl methyl sites for hydroxylation is 1. The van der Waals surface area contributed by atoms with Crippen LogP contribution in [0.1, 0.15) is 15.4 Å². The largest absolute Gasteiger partial charge is 0.480 e. The Balaban J connectivity index is 2.23. The number of nitrogens with one attached hydrogen (secondary N) is 1.